The molecule has 3 heteroatoms. The van der Waals surface area contributed by atoms with Gasteiger partial charge in [0.15, 0.2) is 0 Å². The van der Waals surface area contributed by atoms with E-state index >= 15 is 0 Å². The molecule has 1 aliphatic heterocycles. The van der Waals surface area contributed by atoms with E-state index in [0.29, 0.717) is 0 Å². The van der Waals surface area contributed by atoms with Crippen molar-refractivity contribution in [2.45, 2.75) is 44.6 Å². The molecule has 1 saturated heterocycles. The normalized spacial score (nSPS) is 29.9. The van der Waals surface area contributed by atoms with E-state index in [9.17, 15) is 4.79 Å². The van der Waals surface area contributed by atoms with E-state index in [1.54, 1.807) is 0 Å². The SMILES string of the molecule is NC(=O)[C@H]1CCCN1CC1CCCC1. The van der Waals surface area contributed by atoms with Gasteiger partial charge >= 0.3 is 0 Å². The van der Waals surface area contributed by atoms with E-state index < -0.39 is 0 Å². The molecule has 2 N–H and O–H groups in total. The van der Waals surface area contributed by atoms with E-state index in [-0.39, 0.29) is 11.9 Å². The van der Waals surface area contributed by atoms with Crippen molar-refractivity contribution < 1.29 is 4.79 Å². The Morgan fingerprint density at radius 1 is 1.21 bits per heavy atom. The summed E-state index contributed by atoms with van der Waals surface area (Å²) in [5, 5.41) is 0. The Bertz CT molecular complexity index is 211. The van der Waals surface area contributed by atoms with Crippen LogP contribution in [0.15, 0.2) is 0 Å². The quantitative estimate of drug-likeness (QED) is 0.735. The first-order valence-corrected chi connectivity index (χ1v) is 5.81. The minimum absolute atomic E-state index is 0.0376. The summed E-state index contributed by atoms with van der Waals surface area (Å²) in [6.45, 7) is 2.18. The van der Waals surface area contributed by atoms with Crippen molar-refractivity contribution in [3.63, 3.8) is 0 Å². The third-order valence-corrected chi connectivity index (χ3v) is 3.66. The molecule has 1 aliphatic carbocycles. The predicted octanol–water partition coefficient (Wildman–Crippen LogP) is 1.13. The zero-order valence-corrected chi connectivity index (χ0v) is 8.74. The predicted molar refractivity (Wildman–Crippen MR) is 55.7 cm³/mol. The minimum Gasteiger partial charge on any atom is -0.368 e. The average Bonchev–Trinajstić information content (AvgIpc) is 2.75. The fourth-order valence-corrected chi connectivity index (χ4v) is 2.89. The Labute approximate surface area is 85.6 Å². The number of hydrogen-bond acceptors (Lipinski definition) is 2. The summed E-state index contributed by atoms with van der Waals surface area (Å²) >= 11 is 0. The van der Waals surface area contributed by atoms with E-state index in [2.05, 4.69) is 4.90 Å². The number of rotatable bonds is 3. The van der Waals surface area contributed by atoms with Gasteiger partial charge in [-0.2, -0.15) is 0 Å². The molecule has 1 saturated carbocycles. The number of primary amides is 1. The van der Waals surface area contributed by atoms with Crippen LogP contribution in [0.3, 0.4) is 0 Å². The van der Waals surface area contributed by atoms with Crippen LogP contribution in [0.1, 0.15) is 38.5 Å². The van der Waals surface area contributed by atoms with Crippen LogP contribution in [0.25, 0.3) is 0 Å². The van der Waals surface area contributed by atoms with E-state index in [0.717, 1.165) is 31.8 Å². The molecule has 1 heterocycles. The molecule has 3 nitrogen and oxygen atoms in total. The molecule has 2 fully saturated rings. The lowest BCUT2D eigenvalue weighted by Gasteiger charge is -2.24. The Morgan fingerprint density at radius 2 is 1.93 bits per heavy atom. The van der Waals surface area contributed by atoms with Crippen molar-refractivity contribution in [1.82, 2.24) is 4.90 Å². The molecule has 0 bridgehead atoms. The van der Waals surface area contributed by atoms with Gasteiger partial charge in [0.1, 0.15) is 0 Å². The van der Waals surface area contributed by atoms with Gasteiger partial charge in [-0.25, -0.2) is 0 Å². The zero-order chi connectivity index (χ0) is 9.97. The van der Waals surface area contributed by atoms with Crippen LogP contribution in [0.5, 0.6) is 0 Å². The van der Waals surface area contributed by atoms with Crippen molar-refractivity contribution >= 4 is 5.91 Å². The van der Waals surface area contributed by atoms with Crippen molar-refractivity contribution in [3.05, 3.63) is 0 Å². The number of nitrogens with two attached hydrogens (primary N) is 1. The maximum atomic E-state index is 11.2. The summed E-state index contributed by atoms with van der Waals surface area (Å²) in [6.07, 6.45) is 7.56. The molecular formula is C11H20N2O. The van der Waals surface area contributed by atoms with E-state index in [4.69, 9.17) is 5.73 Å². The highest BCUT2D eigenvalue weighted by atomic mass is 16.1. The highest BCUT2D eigenvalue weighted by Crippen LogP contribution is 2.28. The third kappa shape index (κ3) is 2.08. The molecule has 0 unspecified atom stereocenters. The molecule has 1 atom stereocenters. The van der Waals surface area contributed by atoms with Crippen LogP contribution < -0.4 is 5.73 Å². The number of amides is 1. The first-order chi connectivity index (χ1) is 6.77. The van der Waals surface area contributed by atoms with Crippen LogP contribution in [-0.4, -0.2) is 29.9 Å². The second kappa shape index (κ2) is 4.30. The summed E-state index contributed by atoms with van der Waals surface area (Å²) in [5.74, 6) is 0.704. The zero-order valence-electron chi connectivity index (χ0n) is 8.74. The smallest absolute Gasteiger partial charge is 0.234 e. The summed E-state index contributed by atoms with van der Waals surface area (Å²) in [6, 6.07) is 0.0376. The second-order valence-electron chi connectivity index (χ2n) is 4.71. The van der Waals surface area contributed by atoms with Gasteiger partial charge in [0.2, 0.25) is 5.91 Å². The Kier molecular flexibility index (Phi) is 3.06. The van der Waals surface area contributed by atoms with E-state index in [1.165, 1.54) is 25.7 Å². The maximum Gasteiger partial charge on any atom is 0.234 e. The standard InChI is InChI=1S/C11H20N2O/c12-11(14)10-6-3-7-13(10)8-9-4-1-2-5-9/h9-10H,1-8H2,(H2,12,14)/t10-/m1/s1. The van der Waals surface area contributed by atoms with Crippen molar-refractivity contribution in [3.8, 4) is 0 Å². The van der Waals surface area contributed by atoms with Crippen LogP contribution in [0, 0.1) is 5.92 Å². The summed E-state index contributed by atoms with van der Waals surface area (Å²) in [5.41, 5.74) is 5.38. The van der Waals surface area contributed by atoms with Gasteiger partial charge in [-0.15, -0.1) is 0 Å². The summed E-state index contributed by atoms with van der Waals surface area (Å²) in [7, 11) is 0. The Hall–Kier alpha value is -0.570. The Morgan fingerprint density at radius 3 is 2.57 bits per heavy atom. The third-order valence-electron chi connectivity index (χ3n) is 3.66. The molecule has 0 radical (unpaired) electrons. The molecule has 0 aromatic carbocycles. The number of carbonyl (C=O) groups is 1. The molecule has 0 aromatic heterocycles. The number of likely N-dealkylation sites (tertiary alicyclic amines) is 1. The van der Waals surface area contributed by atoms with E-state index in [1.807, 2.05) is 0 Å². The average molecular weight is 196 g/mol. The first kappa shape index (κ1) is 9.97. The van der Waals surface area contributed by atoms with Crippen LogP contribution in [-0.2, 0) is 4.79 Å². The molecule has 0 aromatic rings. The number of nitrogens with zero attached hydrogens (tertiary/aromatic N) is 1. The van der Waals surface area contributed by atoms with Gasteiger partial charge in [-0.05, 0) is 38.1 Å². The largest absolute Gasteiger partial charge is 0.368 e. The summed E-state index contributed by atoms with van der Waals surface area (Å²) < 4.78 is 0. The fourth-order valence-electron chi connectivity index (χ4n) is 2.89. The maximum absolute atomic E-state index is 11.2. The lowest BCUT2D eigenvalue weighted by atomic mass is 10.1. The molecule has 0 spiro atoms. The molecular weight excluding hydrogens is 176 g/mol. The topological polar surface area (TPSA) is 46.3 Å². The first-order valence-electron chi connectivity index (χ1n) is 5.81. The number of carbonyl (C=O) groups excluding carboxylic acids is 1. The van der Waals surface area contributed by atoms with Crippen molar-refractivity contribution in [2.24, 2.45) is 11.7 Å². The molecule has 14 heavy (non-hydrogen) atoms. The van der Waals surface area contributed by atoms with Gasteiger partial charge in [0.25, 0.3) is 0 Å². The highest BCUT2D eigenvalue weighted by Gasteiger charge is 2.31. The second-order valence-corrected chi connectivity index (χ2v) is 4.71. The van der Waals surface area contributed by atoms with Gasteiger partial charge in [0.05, 0.1) is 6.04 Å². The van der Waals surface area contributed by atoms with Crippen molar-refractivity contribution in [1.29, 1.82) is 0 Å². The van der Waals surface area contributed by atoms with Crippen molar-refractivity contribution in [2.75, 3.05) is 13.1 Å². The van der Waals surface area contributed by atoms with Crippen LogP contribution >= 0.6 is 0 Å². The molecule has 2 rings (SSSR count). The van der Waals surface area contributed by atoms with Gasteiger partial charge in [0, 0.05) is 6.54 Å². The van der Waals surface area contributed by atoms with Crippen LogP contribution in [0.4, 0.5) is 0 Å². The molecule has 2 aliphatic rings. The lowest BCUT2D eigenvalue weighted by molar-refractivity contribution is -0.122. The molecule has 1 amide bonds. The monoisotopic (exact) mass is 196 g/mol. The van der Waals surface area contributed by atoms with Gasteiger partial charge in [-0.1, -0.05) is 12.8 Å². The van der Waals surface area contributed by atoms with Gasteiger partial charge < -0.3 is 5.73 Å². The minimum atomic E-state index is -0.125. The Balaban J connectivity index is 1.86. The highest BCUT2D eigenvalue weighted by molar-refractivity contribution is 5.80. The van der Waals surface area contributed by atoms with Gasteiger partial charge in [-0.3, -0.25) is 9.69 Å². The number of hydrogen-bond donors (Lipinski definition) is 1. The van der Waals surface area contributed by atoms with Crippen LogP contribution in [0.2, 0.25) is 0 Å². The fraction of sp³-hybridized carbons (Fsp3) is 0.909. The lowest BCUT2D eigenvalue weighted by Crippen LogP contribution is -2.42. The summed E-state index contributed by atoms with van der Waals surface area (Å²) in [4.78, 5) is 13.5. The molecule has 80 valence electrons.